The van der Waals surface area contributed by atoms with Crippen LogP contribution >= 0.6 is 24.0 Å². The Hall–Kier alpha value is -0.970. The number of nitrogens with one attached hydrogen (secondary N) is 1. The Bertz CT molecular complexity index is 399. The largest absolute Gasteiger partial charge is 0.492 e. The molecule has 0 radical (unpaired) electrons. The second-order valence-electron chi connectivity index (χ2n) is 3.82. The molecule has 1 aromatic rings. The van der Waals surface area contributed by atoms with Crippen molar-refractivity contribution < 1.29 is 14.3 Å². The fraction of sp³-hybridized carbons (Fsp3) is 0.462. The third kappa shape index (κ3) is 6.66. The molecular formula is C13H19Cl2NO3. The molecule has 19 heavy (non-hydrogen) atoms. The van der Waals surface area contributed by atoms with E-state index < -0.39 is 0 Å². The van der Waals surface area contributed by atoms with Crippen LogP contribution in [-0.4, -0.2) is 33.3 Å². The van der Waals surface area contributed by atoms with Gasteiger partial charge in [0.1, 0.15) is 5.75 Å². The zero-order valence-electron chi connectivity index (χ0n) is 11.1. The lowest BCUT2D eigenvalue weighted by Crippen LogP contribution is -2.11. The van der Waals surface area contributed by atoms with Crippen molar-refractivity contribution in [3.05, 3.63) is 28.8 Å². The van der Waals surface area contributed by atoms with E-state index in [1.165, 1.54) is 7.11 Å². The van der Waals surface area contributed by atoms with Crippen LogP contribution in [0.3, 0.4) is 0 Å². The Morgan fingerprint density at radius 3 is 2.74 bits per heavy atom. The number of rotatable bonds is 7. The summed E-state index contributed by atoms with van der Waals surface area (Å²) in [6.07, 6.45) is 1.13. The molecular weight excluding hydrogens is 289 g/mol. The highest BCUT2D eigenvalue weighted by Gasteiger charge is 2.07. The first-order valence-corrected chi connectivity index (χ1v) is 6.17. The predicted molar refractivity (Wildman–Crippen MR) is 78.5 cm³/mol. The van der Waals surface area contributed by atoms with Crippen molar-refractivity contribution >= 4 is 30.0 Å². The maximum atomic E-state index is 11.1. The van der Waals surface area contributed by atoms with Crippen molar-refractivity contribution in [3.8, 4) is 5.75 Å². The van der Waals surface area contributed by atoms with Crippen LogP contribution < -0.4 is 10.1 Å². The van der Waals surface area contributed by atoms with E-state index in [-0.39, 0.29) is 24.8 Å². The zero-order valence-corrected chi connectivity index (χ0v) is 12.6. The summed E-state index contributed by atoms with van der Waals surface area (Å²) < 4.78 is 10.1. The second-order valence-corrected chi connectivity index (χ2v) is 4.23. The molecule has 0 amide bonds. The van der Waals surface area contributed by atoms with E-state index in [1.807, 2.05) is 13.1 Å². The van der Waals surface area contributed by atoms with Crippen LogP contribution in [0.4, 0.5) is 0 Å². The van der Waals surface area contributed by atoms with Gasteiger partial charge in [-0.15, -0.1) is 12.4 Å². The summed E-state index contributed by atoms with van der Waals surface area (Å²) >= 11 is 6.08. The van der Waals surface area contributed by atoms with Crippen LogP contribution in [0.1, 0.15) is 12.0 Å². The lowest BCUT2D eigenvalue weighted by Gasteiger charge is -2.09. The molecule has 6 heteroatoms. The minimum atomic E-state index is -0.284. The van der Waals surface area contributed by atoms with Gasteiger partial charge >= 0.3 is 5.97 Å². The number of hydrogen-bond acceptors (Lipinski definition) is 4. The molecule has 0 bridgehead atoms. The van der Waals surface area contributed by atoms with Crippen LogP contribution in [0.2, 0.25) is 5.02 Å². The van der Waals surface area contributed by atoms with Gasteiger partial charge in [0.05, 0.1) is 25.2 Å². The van der Waals surface area contributed by atoms with E-state index in [1.54, 1.807) is 12.1 Å². The molecule has 0 saturated carbocycles. The molecule has 1 aromatic carbocycles. The molecule has 0 unspecified atom stereocenters. The smallest absolute Gasteiger partial charge is 0.309 e. The molecule has 108 valence electrons. The molecule has 4 nitrogen and oxygen atoms in total. The fourth-order valence-electron chi connectivity index (χ4n) is 1.44. The molecule has 0 aliphatic heterocycles. The van der Waals surface area contributed by atoms with Gasteiger partial charge < -0.3 is 14.8 Å². The summed E-state index contributed by atoms with van der Waals surface area (Å²) in [4.78, 5) is 11.1. The summed E-state index contributed by atoms with van der Waals surface area (Å²) in [6, 6.07) is 5.32. The van der Waals surface area contributed by atoms with Crippen LogP contribution in [0.15, 0.2) is 18.2 Å². The van der Waals surface area contributed by atoms with Crippen LogP contribution in [-0.2, 0) is 16.0 Å². The number of esters is 1. The molecule has 0 spiro atoms. The maximum Gasteiger partial charge on any atom is 0.309 e. The summed E-state index contributed by atoms with van der Waals surface area (Å²) in [6.45, 7) is 1.51. The minimum absolute atomic E-state index is 0. The molecule has 0 aliphatic carbocycles. The lowest BCUT2D eigenvalue weighted by molar-refractivity contribution is -0.139. The number of benzene rings is 1. The maximum absolute atomic E-state index is 11.1. The fourth-order valence-corrected chi connectivity index (χ4v) is 1.70. The van der Waals surface area contributed by atoms with Crippen LogP contribution in [0.5, 0.6) is 5.75 Å². The highest BCUT2D eigenvalue weighted by molar-refractivity contribution is 6.32. The van der Waals surface area contributed by atoms with E-state index in [2.05, 4.69) is 10.1 Å². The van der Waals surface area contributed by atoms with Crippen molar-refractivity contribution in [2.24, 2.45) is 0 Å². The van der Waals surface area contributed by atoms with E-state index in [0.717, 1.165) is 18.5 Å². The topological polar surface area (TPSA) is 47.6 Å². The summed E-state index contributed by atoms with van der Waals surface area (Å²) in [5.74, 6) is 0.357. The number of methoxy groups -OCH3 is 1. The molecule has 1 N–H and O–H groups in total. The van der Waals surface area contributed by atoms with E-state index >= 15 is 0 Å². The van der Waals surface area contributed by atoms with Gasteiger partial charge in [-0.1, -0.05) is 17.7 Å². The predicted octanol–water partition coefficient (Wildman–Crippen LogP) is 2.47. The third-order valence-corrected chi connectivity index (χ3v) is 2.70. The van der Waals surface area contributed by atoms with Crippen LogP contribution in [0, 0.1) is 0 Å². The highest BCUT2D eigenvalue weighted by Crippen LogP contribution is 2.25. The Morgan fingerprint density at radius 1 is 1.42 bits per heavy atom. The quantitative estimate of drug-likeness (QED) is 0.621. The Kier molecular flexibility index (Phi) is 9.39. The zero-order chi connectivity index (χ0) is 13.4. The molecule has 0 aromatic heterocycles. The summed E-state index contributed by atoms with van der Waals surface area (Å²) in [5, 5.41) is 3.56. The average Bonchev–Trinajstić information content (AvgIpc) is 2.36. The Balaban J connectivity index is 0.00000324. The number of halogens is 2. The number of carbonyl (C=O) groups is 1. The van der Waals surface area contributed by atoms with Gasteiger partial charge in [0.2, 0.25) is 0 Å². The third-order valence-electron chi connectivity index (χ3n) is 2.40. The Morgan fingerprint density at radius 2 is 2.16 bits per heavy atom. The second kappa shape index (κ2) is 9.89. The van der Waals surface area contributed by atoms with Gasteiger partial charge in [-0.05, 0) is 37.7 Å². The van der Waals surface area contributed by atoms with Gasteiger partial charge in [0.25, 0.3) is 0 Å². The summed E-state index contributed by atoms with van der Waals surface area (Å²) in [5.41, 5.74) is 0.814. The van der Waals surface area contributed by atoms with E-state index in [4.69, 9.17) is 16.3 Å². The van der Waals surface area contributed by atoms with Crippen molar-refractivity contribution in [3.63, 3.8) is 0 Å². The van der Waals surface area contributed by atoms with E-state index in [0.29, 0.717) is 17.4 Å². The van der Waals surface area contributed by atoms with Crippen molar-refractivity contribution in [1.29, 1.82) is 0 Å². The minimum Gasteiger partial charge on any atom is -0.492 e. The average molecular weight is 308 g/mol. The molecule has 0 atom stereocenters. The molecule has 0 fully saturated rings. The lowest BCUT2D eigenvalue weighted by atomic mass is 10.1. The highest BCUT2D eigenvalue weighted by atomic mass is 35.5. The Labute approximate surface area is 124 Å². The summed E-state index contributed by atoms with van der Waals surface area (Å²) in [7, 11) is 3.26. The molecule has 1 rings (SSSR count). The van der Waals surface area contributed by atoms with Crippen molar-refractivity contribution in [2.75, 3.05) is 27.3 Å². The SMILES string of the molecule is CNCCCOc1ccc(CC(=O)OC)cc1Cl.Cl. The monoisotopic (exact) mass is 307 g/mol. The molecule has 0 heterocycles. The van der Waals surface area contributed by atoms with Gasteiger partial charge in [-0.25, -0.2) is 0 Å². The van der Waals surface area contributed by atoms with Crippen LogP contribution in [0.25, 0.3) is 0 Å². The standard InChI is InChI=1S/C13H18ClNO3.ClH/c1-15-6-3-7-18-12-5-4-10(8-11(12)14)9-13(16)17-2;/h4-5,8,15H,3,6-7,9H2,1-2H3;1H. The number of carbonyl (C=O) groups excluding carboxylic acids is 1. The number of hydrogen-bond donors (Lipinski definition) is 1. The normalized spacial score (nSPS) is 9.63. The first kappa shape index (κ1) is 18.0. The molecule has 0 saturated heterocycles. The first-order chi connectivity index (χ1) is 8.67. The van der Waals surface area contributed by atoms with Gasteiger partial charge in [0.15, 0.2) is 0 Å². The first-order valence-electron chi connectivity index (χ1n) is 5.80. The van der Waals surface area contributed by atoms with Crippen molar-refractivity contribution in [1.82, 2.24) is 5.32 Å². The van der Waals surface area contributed by atoms with Crippen molar-refractivity contribution in [2.45, 2.75) is 12.8 Å². The van der Waals surface area contributed by atoms with Gasteiger partial charge in [-0.2, -0.15) is 0 Å². The molecule has 0 aliphatic rings. The van der Waals surface area contributed by atoms with E-state index in [9.17, 15) is 4.79 Å². The van der Waals surface area contributed by atoms with Gasteiger partial charge in [0, 0.05) is 0 Å². The van der Waals surface area contributed by atoms with Gasteiger partial charge in [-0.3, -0.25) is 4.79 Å². The number of ether oxygens (including phenoxy) is 2.